The van der Waals surface area contributed by atoms with Crippen LogP contribution in [0.5, 0.6) is 0 Å². The molecule has 1 aromatic carbocycles. The third-order valence-corrected chi connectivity index (χ3v) is 4.91. The predicted octanol–water partition coefficient (Wildman–Crippen LogP) is 3.15. The molecule has 5 nitrogen and oxygen atoms in total. The number of aromatic nitrogens is 1. The summed E-state index contributed by atoms with van der Waals surface area (Å²) in [7, 11) is -4.19. The lowest BCUT2D eigenvalue weighted by Gasteiger charge is -2.10. The Kier molecular flexibility index (Phi) is 4.62. The van der Waals surface area contributed by atoms with Crippen LogP contribution in [0.2, 0.25) is 5.02 Å². The maximum absolute atomic E-state index is 12.6. The fourth-order valence-corrected chi connectivity index (χ4v) is 3.38. The van der Waals surface area contributed by atoms with Crippen LogP contribution in [0, 0.1) is 0 Å². The Morgan fingerprint density at radius 2 is 1.78 bits per heavy atom. The molecule has 0 radical (unpaired) electrons. The number of carbonyl (C=O) groups is 1. The Balaban J connectivity index is 2.45. The van der Waals surface area contributed by atoms with Crippen molar-refractivity contribution in [2.75, 3.05) is 5.32 Å². The number of anilines is 1. The molecule has 1 amide bonds. The van der Waals surface area contributed by atoms with E-state index in [1.807, 2.05) is 0 Å². The van der Waals surface area contributed by atoms with E-state index in [0.29, 0.717) is 24.4 Å². The number of carbonyl (C=O) groups excluding carboxylic acids is 1. The smallest absolute Gasteiger partial charge is 0.329 e. The zero-order chi connectivity index (χ0) is 17.3. The number of hydrogen-bond donors (Lipinski definition) is 1. The van der Waals surface area contributed by atoms with Crippen LogP contribution in [0.1, 0.15) is 5.56 Å². The van der Waals surface area contributed by atoms with E-state index in [1.54, 1.807) is 0 Å². The van der Waals surface area contributed by atoms with Gasteiger partial charge >= 0.3 is 6.18 Å². The monoisotopic (exact) mass is 364 g/mol. The highest BCUT2D eigenvalue weighted by molar-refractivity contribution is 7.91. The van der Waals surface area contributed by atoms with Gasteiger partial charge in [0, 0.05) is 11.9 Å². The number of sulfone groups is 1. The average Bonchev–Trinajstić information content (AvgIpc) is 2.47. The second kappa shape index (κ2) is 6.17. The molecule has 1 aromatic heterocycles. The van der Waals surface area contributed by atoms with E-state index in [2.05, 4.69) is 10.3 Å². The molecule has 122 valence electrons. The summed E-state index contributed by atoms with van der Waals surface area (Å²) in [4.78, 5) is 13.4. The van der Waals surface area contributed by atoms with E-state index >= 15 is 0 Å². The van der Waals surface area contributed by atoms with Crippen molar-refractivity contribution in [1.82, 2.24) is 4.98 Å². The van der Waals surface area contributed by atoms with Crippen molar-refractivity contribution in [3.8, 4) is 0 Å². The van der Waals surface area contributed by atoms with Gasteiger partial charge in [0.1, 0.15) is 0 Å². The minimum absolute atomic E-state index is 0.219. The van der Waals surface area contributed by atoms with Gasteiger partial charge in [-0.25, -0.2) is 13.4 Å². The van der Waals surface area contributed by atoms with Crippen molar-refractivity contribution in [2.24, 2.45) is 0 Å². The Hall–Kier alpha value is -2.13. The number of rotatable bonds is 4. The number of pyridine rings is 1. The van der Waals surface area contributed by atoms with Gasteiger partial charge in [-0.2, -0.15) is 13.2 Å². The molecule has 23 heavy (non-hydrogen) atoms. The fourth-order valence-electron chi connectivity index (χ4n) is 1.69. The van der Waals surface area contributed by atoms with Crippen LogP contribution in [-0.4, -0.2) is 19.8 Å². The normalized spacial score (nSPS) is 12.0. The van der Waals surface area contributed by atoms with Crippen molar-refractivity contribution in [1.29, 1.82) is 0 Å². The lowest BCUT2D eigenvalue weighted by molar-refractivity contribution is -0.137. The second-order valence-electron chi connectivity index (χ2n) is 4.30. The maximum Gasteiger partial charge on any atom is 0.417 e. The maximum atomic E-state index is 12.6. The summed E-state index contributed by atoms with van der Waals surface area (Å²) in [6, 6.07) is 5.50. The van der Waals surface area contributed by atoms with Crippen molar-refractivity contribution in [3.05, 3.63) is 47.1 Å². The molecule has 0 saturated heterocycles. The predicted molar refractivity (Wildman–Crippen MR) is 75.8 cm³/mol. The molecule has 0 saturated carbocycles. The summed E-state index contributed by atoms with van der Waals surface area (Å²) in [5.41, 5.74) is -0.794. The number of nitrogens with zero attached hydrogens (tertiary/aromatic N) is 1. The van der Waals surface area contributed by atoms with Gasteiger partial charge in [0.15, 0.2) is 5.03 Å². The highest BCUT2D eigenvalue weighted by atomic mass is 35.5. The van der Waals surface area contributed by atoms with E-state index < -0.39 is 31.6 Å². The lowest BCUT2D eigenvalue weighted by atomic mass is 10.3. The first kappa shape index (κ1) is 17.2. The van der Waals surface area contributed by atoms with E-state index in [0.717, 1.165) is 0 Å². The highest BCUT2D eigenvalue weighted by Gasteiger charge is 2.33. The molecule has 0 aliphatic rings. The molecule has 2 rings (SSSR count). The quantitative estimate of drug-likeness (QED) is 0.845. The van der Waals surface area contributed by atoms with Crippen LogP contribution in [0.4, 0.5) is 18.9 Å². The molecule has 0 bridgehead atoms. The van der Waals surface area contributed by atoms with Gasteiger partial charge in [0.25, 0.3) is 0 Å². The topological polar surface area (TPSA) is 76.1 Å². The second-order valence-corrected chi connectivity index (χ2v) is 6.57. The van der Waals surface area contributed by atoms with Gasteiger partial charge in [-0.3, -0.25) is 4.79 Å². The zero-order valence-electron chi connectivity index (χ0n) is 11.1. The van der Waals surface area contributed by atoms with Crippen molar-refractivity contribution >= 4 is 33.5 Å². The molecule has 0 atom stereocenters. The molecule has 0 unspecified atom stereocenters. The minimum atomic E-state index is -4.68. The van der Waals surface area contributed by atoms with Crippen LogP contribution in [-0.2, 0) is 20.8 Å². The molecule has 0 spiro atoms. The van der Waals surface area contributed by atoms with Crippen LogP contribution < -0.4 is 5.32 Å². The molecule has 1 N–H and O–H groups in total. The number of amides is 1. The van der Waals surface area contributed by atoms with E-state index in [-0.39, 0.29) is 4.90 Å². The minimum Gasteiger partial charge on any atom is -0.329 e. The molecular weight excluding hydrogens is 357 g/mol. The number of alkyl halides is 3. The van der Waals surface area contributed by atoms with Crippen molar-refractivity contribution < 1.29 is 26.4 Å². The van der Waals surface area contributed by atoms with Gasteiger partial charge in [0.05, 0.1) is 15.5 Å². The average molecular weight is 365 g/mol. The van der Waals surface area contributed by atoms with Gasteiger partial charge in [0.2, 0.25) is 16.2 Å². The summed E-state index contributed by atoms with van der Waals surface area (Å²) in [6.45, 7) is 0. The van der Waals surface area contributed by atoms with Crippen molar-refractivity contribution in [2.45, 2.75) is 16.1 Å². The first-order valence-electron chi connectivity index (χ1n) is 5.94. The van der Waals surface area contributed by atoms with Crippen LogP contribution in [0.15, 0.2) is 46.5 Å². The summed E-state index contributed by atoms with van der Waals surface area (Å²) >= 11 is 5.65. The standard InChI is InChI=1S/C13H8ClF3N2O3S/c14-11-5-8(13(15,16)17)6-18-12(11)23(21,22)10-3-1-9(2-4-10)19-7-20/h1-7H,(H,19,20). The molecule has 2 aromatic rings. The fraction of sp³-hybridized carbons (Fsp3) is 0.0769. The third kappa shape index (κ3) is 3.62. The SMILES string of the molecule is O=CNc1ccc(S(=O)(=O)c2ncc(C(F)(F)F)cc2Cl)cc1. The molecule has 0 aliphatic carbocycles. The first-order chi connectivity index (χ1) is 10.7. The molecule has 10 heteroatoms. The van der Waals surface area contributed by atoms with Gasteiger partial charge in [-0.1, -0.05) is 11.6 Å². The molecule has 0 aliphatic heterocycles. The molecular formula is C13H8ClF3N2O3S. The van der Waals surface area contributed by atoms with Crippen molar-refractivity contribution in [3.63, 3.8) is 0 Å². The Morgan fingerprint density at radius 3 is 2.26 bits per heavy atom. The van der Waals surface area contributed by atoms with Gasteiger partial charge in [-0.15, -0.1) is 0 Å². The van der Waals surface area contributed by atoms with E-state index in [4.69, 9.17) is 11.6 Å². The Bertz CT molecular complexity index is 837. The zero-order valence-corrected chi connectivity index (χ0v) is 12.7. The summed E-state index contributed by atoms with van der Waals surface area (Å²) in [5, 5.41) is 1.01. The van der Waals surface area contributed by atoms with Crippen LogP contribution >= 0.6 is 11.6 Å². The summed E-state index contributed by atoms with van der Waals surface area (Å²) in [6.07, 6.45) is -3.86. The molecule has 1 heterocycles. The highest BCUT2D eigenvalue weighted by Crippen LogP contribution is 2.33. The van der Waals surface area contributed by atoms with Gasteiger partial charge < -0.3 is 5.32 Å². The first-order valence-corrected chi connectivity index (χ1v) is 7.80. The number of benzene rings is 1. The third-order valence-electron chi connectivity index (χ3n) is 2.78. The number of nitrogens with one attached hydrogen (secondary N) is 1. The Labute approximate surface area is 134 Å². The lowest BCUT2D eigenvalue weighted by Crippen LogP contribution is -2.10. The summed E-state index contributed by atoms with van der Waals surface area (Å²) < 4.78 is 62.4. The van der Waals surface area contributed by atoms with Gasteiger partial charge in [-0.05, 0) is 30.3 Å². The van der Waals surface area contributed by atoms with E-state index in [1.165, 1.54) is 24.3 Å². The van der Waals surface area contributed by atoms with Crippen LogP contribution in [0.3, 0.4) is 0 Å². The Morgan fingerprint density at radius 1 is 1.17 bits per heavy atom. The molecule has 0 fully saturated rings. The largest absolute Gasteiger partial charge is 0.417 e. The van der Waals surface area contributed by atoms with Crippen LogP contribution in [0.25, 0.3) is 0 Å². The number of hydrogen-bond acceptors (Lipinski definition) is 4. The number of halogens is 4. The summed E-state index contributed by atoms with van der Waals surface area (Å²) in [5.74, 6) is 0. The van der Waals surface area contributed by atoms with E-state index in [9.17, 15) is 26.4 Å².